The molecule has 4 rings (SSSR count). The Hall–Kier alpha value is -2.05. The quantitative estimate of drug-likeness (QED) is 0.665. The number of piperidine rings is 1. The normalized spacial score (nSPS) is 18.5. The van der Waals surface area contributed by atoms with Crippen molar-refractivity contribution < 1.29 is 4.52 Å². The van der Waals surface area contributed by atoms with Crippen molar-refractivity contribution in [3.63, 3.8) is 0 Å². The van der Waals surface area contributed by atoms with E-state index in [-0.39, 0.29) is 0 Å². The van der Waals surface area contributed by atoms with E-state index in [4.69, 9.17) is 4.52 Å². The molecule has 1 unspecified atom stereocenters. The summed E-state index contributed by atoms with van der Waals surface area (Å²) in [6.45, 7) is 1.84. The van der Waals surface area contributed by atoms with Crippen LogP contribution in [0.15, 0.2) is 46.4 Å². The average Bonchev–Trinajstić information content (AvgIpc) is 3.33. The molecule has 130 valence electrons. The highest BCUT2D eigenvalue weighted by atomic mass is 32.1. The Morgan fingerprint density at radius 3 is 3.04 bits per heavy atom. The summed E-state index contributed by atoms with van der Waals surface area (Å²) < 4.78 is 5.49. The molecule has 4 heterocycles. The Balaban J connectivity index is 1.39. The van der Waals surface area contributed by atoms with E-state index in [9.17, 15) is 0 Å². The second-order valence-electron chi connectivity index (χ2n) is 6.47. The molecule has 0 saturated carbocycles. The van der Waals surface area contributed by atoms with Crippen LogP contribution in [0, 0.1) is 0 Å². The molecule has 5 nitrogen and oxygen atoms in total. The highest BCUT2D eigenvalue weighted by Gasteiger charge is 2.24. The molecule has 0 bridgehead atoms. The van der Waals surface area contributed by atoms with Gasteiger partial charge >= 0.3 is 0 Å². The van der Waals surface area contributed by atoms with Crippen LogP contribution < -0.4 is 0 Å². The maximum Gasteiger partial charge on any atom is 0.241 e. The molecule has 0 N–H and O–H groups in total. The molecule has 1 fully saturated rings. The first-order valence-electron chi connectivity index (χ1n) is 8.89. The number of likely N-dealkylation sites (tertiary alicyclic amines) is 1. The Morgan fingerprint density at radius 1 is 1.20 bits per heavy atom. The van der Waals surface area contributed by atoms with Gasteiger partial charge < -0.3 is 4.52 Å². The van der Waals surface area contributed by atoms with E-state index in [0.717, 1.165) is 30.8 Å². The van der Waals surface area contributed by atoms with E-state index in [0.29, 0.717) is 17.8 Å². The zero-order chi connectivity index (χ0) is 16.9. The molecule has 6 heteroatoms. The lowest BCUT2D eigenvalue weighted by Gasteiger charge is -2.34. The summed E-state index contributed by atoms with van der Waals surface area (Å²) in [7, 11) is 0. The van der Waals surface area contributed by atoms with Gasteiger partial charge in [-0.3, -0.25) is 9.88 Å². The van der Waals surface area contributed by atoms with E-state index in [1.165, 1.54) is 25.0 Å². The molecule has 0 radical (unpaired) electrons. The van der Waals surface area contributed by atoms with Crippen LogP contribution in [0.4, 0.5) is 0 Å². The third kappa shape index (κ3) is 4.14. The minimum absolute atomic E-state index is 0.563. The van der Waals surface area contributed by atoms with Gasteiger partial charge in [0.25, 0.3) is 0 Å². The Morgan fingerprint density at radius 2 is 2.20 bits per heavy atom. The zero-order valence-corrected chi connectivity index (χ0v) is 15.0. The number of hydrogen-bond donors (Lipinski definition) is 0. The SMILES string of the molecule is c1ccc(CCC2CCCCN2Cc2nc(-c3cccs3)no2)nc1. The Labute approximate surface area is 151 Å². The molecule has 0 aliphatic carbocycles. The van der Waals surface area contributed by atoms with Gasteiger partial charge in [-0.25, -0.2) is 0 Å². The van der Waals surface area contributed by atoms with E-state index >= 15 is 0 Å². The number of hydrogen-bond acceptors (Lipinski definition) is 6. The summed E-state index contributed by atoms with van der Waals surface area (Å²) >= 11 is 1.64. The van der Waals surface area contributed by atoms with Crippen LogP contribution in [0.1, 0.15) is 37.3 Å². The van der Waals surface area contributed by atoms with Gasteiger partial charge in [-0.1, -0.05) is 23.7 Å². The van der Waals surface area contributed by atoms with Crippen molar-refractivity contribution in [2.24, 2.45) is 0 Å². The van der Waals surface area contributed by atoms with E-state index in [2.05, 4.69) is 32.2 Å². The predicted octanol–water partition coefficient (Wildman–Crippen LogP) is 4.18. The molecule has 1 saturated heterocycles. The first kappa shape index (κ1) is 16.4. The Kier molecular flexibility index (Phi) is 5.18. The van der Waals surface area contributed by atoms with E-state index in [1.807, 2.05) is 29.8 Å². The summed E-state index contributed by atoms with van der Waals surface area (Å²) in [4.78, 5) is 12.6. The van der Waals surface area contributed by atoms with Gasteiger partial charge in [0.2, 0.25) is 11.7 Å². The topological polar surface area (TPSA) is 55.1 Å². The second-order valence-corrected chi connectivity index (χ2v) is 7.42. The van der Waals surface area contributed by atoms with Crippen molar-refractivity contribution in [2.75, 3.05) is 6.54 Å². The van der Waals surface area contributed by atoms with Crippen LogP contribution >= 0.6 is 11.3 Å². The lowest BCUT2D eigenvalue weighted by molar-refractivity contribution is 0.117. The van der Waals surface area contributed by atoms with Crippen LogP contribution in [-0.4, -0.2) is 32.6 Å². The van der Waals surface area contributed by atoms with Crippen molar-refractivity contribution in [1.82, 2.24) is 20.0 Å². The van der Waals surface area contributed by atoms with Crippen LogP contribution in [-0.2, 0) is 13.0 Å². The van der Waals surface area contributed by atoms with Crippen molar-refractivity contribution >= 4 is 11.3 Å². The van der Waals surface area contributed by atoms with Crippen molar-refractivity contribution in [1.29, 1.82) is 0 Å². The van der Waals surface area contributed by atoms with Crippen molar-refractivity contribution in [3.05, 3.63) is 53.5 Å². The van der Waals surface area contributed by atoms with Gasteiger partial charge in [0.05, 0.1) is 11.4 Å². The largest absolute Gasteiger partial charge is 0.338 e. The van der Waals surface area contributed by atoms with Gasteiger partial charge in [-0.15, -0.1) is 11.3 Å². The lowest BCUT2D eigenvalue weighted by Crippen LogP contribution is -2.39. The van der Waals surface area contributed by atoms with E-state index in [1.54, 1.807) is 11.3 Å². The molecule has 0 spiro atoms. The monoisotopic (exact) mass is 354 g/mol. The molecule has 1 atom stereocenters. The van der Waals surface area contributed by atoms with Gasteiger partial charge in [-0.2, -0.15) is 4.98 Å². The summed E-state index contributed by atoms with van der Waals surface area (Å²) in [6.07, 6.45) is 7.80. The third-order valence-corrected chi connectivity index (χ3v) is 5.62. The van der Waals surface area contributed by atoms with Crippen LogP contribution in [0.25, 0.3) is 10.7 Å². The smallest absolute Gasteiger partial charge is 0.241 e. The number of aromatic nitrogens is 3. The highest BCUT2D eigenvalue weighted by Crippen LogP contribution is 2.25. The molecule has 3 aromatic rings. The molecule has 0 amide bonds. The molecule has 1 aliphatic rings. The fourth-order valence-corrected chi connectivity index (χ4v) is 4.10. The summed E-state index contributed by atoms with van der Waals surface area (Å²) in [5.41, 5.74) is 1.17. The molecule has 1 aliphatic heterocycles. The van der Waals surface area contributed by atoms with Crippen LogP contribution in [0.2, 0.25) is 0 Å². The lowest BCUT2D eigenvalue weighted by atomic mass is 9.97. The molecular weight excluding hydrogens is 332 g/mol. The fraction of sp³-hybridized carbons (Fsp3) is 0.421. The second kappa shape index (κ2) is 7.89. The molecule has 25 heavy (non-hydrogen) atoms. The molecular formula is C19H22N4OS. The fourth-order valence-electron chi connectivity index (χ4n) is 3.45. The van der Waals surface area contributed by atoms with Gasteiger partial charge in [0, 0.05) is 17.9 Å². The standard InChI is InChI=1S/C19H22N4OS/c1-3-11-20-15(6-1)9-10-16-7-2-4-12-23(16)14-18-21-19(22-24-18)17-8-5-13-25-17/h1,3,5-6,8,11,13,16H,2,4,7,9-10,12,14H2. The third-order valence-electron chi connectivity index (χ3n) is 4.76. The maximum atomic E-state index is 5.49. The maximum absolute atomic E-state index is 5.49. The molecule has 0 aromatic carbocycles. The predicted molar refractivity (Wildman–Crippen MR) is 98.2 cm³/mol. The summed E-state index contributed by atoms with van der Waals surface area (Å²) in [5.74, 6) is 1.42. The van der Waals surface area contributed by atoms with Crippen molar-refractivity contribution in [3.8, 4) is 10.7 Å². The minimum atomic E-state index is 0.563. The zero-order valence-electron chi connectivity index (χ0n) is 14.2. The number of nitrogens with zero attached hydrogens (tertiary/aromatic N) is 4. The minimum Gasteiger partial charge on any atom is -0.338 e. The number of rotatable bonds is 6. The number of pyridine rings is 1. The summed E-state index contributed by atoms with van der Waals surface area (Å²) in [5, 5.41) is 6.16. The van der Waals surface area contributed by atoms with Gasteiger partial charge in [0.15, 0.2) is 0 Å². The molecule has 3 aromatic heterocycles. The van der Waals surface area contributed by atoms with Crippen molar-refractivity contribution in [2.45, 2.75) is 44.7 Å². The average molecular weight is 354 g/mol. The number of aryl methyl sites for hydroxylation is 1. The number of thiophene rings is 1. The highest BCUT2D eigenvalue weighted by molar-refractivity contribution is 7.13. The Bertz CT molecular complexity index is 772. The first-order chi connectivity index (χ1) is 12.4. The van der Waals surface area contributed by atoms with Crippen LogP contribution in [0.5, 0.6) is 0 Å². The van der Waals surface area contributed by atoms with Gasteiger partial charge in [-0.05, 0) is 55.8 Å². The summed E-state index contributed by atoms with van der Waals surface area (Å²) in [6, 6.07) is 10.7. The first-order valence-corrected chi connectivity index (χ1v) is 9.77. The van der Waals surface area contributed by atoms with Crippen LogP contribution in [0.3, 0.4) is 0 Å². The van der Waals surface area contributed by atoms with E-state index < -0.39 is 0 Å². The van der Waals surface area contributed by atoms with Gasteiger partial charge in [0.1, 0.15) is 0 Å².